The molecule has 2 aliphatic heterocycles. The highest BCUT2D eigenvalue weighted by molar-refractivity contribution is 5.97. The summed E-state index contributed by atoms with van der Waals surface area (Å²) in [6.45, 7) is 2.66. The van der Waals surface area contributed by atoms with Crippen molar-refractivity contribution in [1.82, 2.24) is 9.80 Å². The lowest BCUT2D eigenvalue weighted by molar-refractivity contribution is -0.0871. The predicted molar refractivity (Wildman–Crippen MR) is 79.6 cm³/mol. The highest BCUT2D eigenvalue weighted by Gasteiger charge is 2.39. The predicted octanol–water partition coefficient (Wildman–Crippen LogP) is 1.38. The molecule has 0 bridgehead atoms. The molecule has 5 nitrogen and oxygen atoms in total. The van der Waals surface area contributed by atoms with Gasteiger partial charge in [0.25, 0.3) is 5.91 Å². The molecule has 2 heterocycles. The molecule has 0 N–H and O–H groups in total. The Morgan fingerprint density at radius 2 is 2.23 bits per heavy atom. The number of nitrogens with zero attached hydrogens (tertiary/aromatic N) is 2. The van der Waals surface area contributed by atoms with Gasteiger partial charge in [-0.15, -0.1) is 0 Å². The minimum absolute atomic E-state index is 0.0128. The van der Waals surface area contributed by atoms with E-state index >= 15 is 0 Å². The molecule has 2 saturated heterocycles. The topological polar surface area (TPSA) is 42.0 Å². The first-order chi connectivity index (χ1) is 10.6. The van der Waals surface area contributed by atoms with E-state index in [0.717, 1.165) is 19.5 Å². The number of halogens is 1. The smallest absolute Gasteiger partial charge is 0.261 e. The maximum Gasteiger partial charge on any atom is 0.261 e. The Kier molecular flexibility index (Phi) is 4.31. The van der Waals surface area contributed by atoms with Crippen LogP contribution in [0, 0.1) is 5.82 Å². The number of benzene rings is 1. The third kappa shape index (κ3) is 2.68. The van der Waals surface area contributed by atoms with Crippen molar-refractivity contribution in [3.8, 4) is 5.75 Å². The SMILES string of the molecule is COc1cccc(F)c1C(=O)N1CCOC2CCN(C)CC21. The largest absolute Gasteiger partial charge is 0.496 e. The summed E-state index contributed by atoms with van der Waals surface area (Å²) in [5.41, 5.74) is 0.0128. The Hall–Kier alpha value is -1.66. The van der Waals surface area contributed by atoms with Crippen LogP contribution in [0.25, 0.3) is 0 Å². The van der Waals surface area contributed by atoms with Crippen LogP contribution in [0.3, 0.4) is 0 Å². The average molecular weight is 308 g/mol. The van der Waals surface area contributed by atoms with Gasteiger partial charge in [-0.25, -0.2) is 4.39 Å². The molecule has 6 heteroatoms. The molecule has 0 spiro atoms. The van der Waals surface area contributed by atoms with Gasteiger partial charge in [0.15, 0.2) is 0 Å². The molecule has 0 saturated carbocycles. The molecule has 120 valence electrons. The minimum atomic E-state index is -0.545. The van der Waals surface area contributed by atoms with E-state index in [1.54, 1.807) is 17.0 Å². The lowest BCUT2D eigenvalue weighted by Gasteiger charge is -2.46. The zero-order chi connectivity index (χ0) is 15.7. The molecule has 0 aliphatic carbocycles. The number of hydrogen-bond donors (Lipinski definition) is 0. The maximum atomic E-state index is 14.2. The van der Waals surface area contributed by atoms with Gasteiger partial charge < -0.3 is 19.3 Å². The van der Waals surface area contributed by atoms with Crippen LogP contribution >= 0.6 is 0 Å². The fourth-order valence-electron chi connectivity index (χ4n) is 3.31. The number of fused-ring (bicyclic) bond motifs is 1. The number of morpholine rings is 1. The second-order valence-electron chi connectivity index (χ2n) is 5.84. The van der Waals surface area contributed by atoms with Crippen molar-refractivity contribution < 1.29 is 18.7 Å². The van der Waals surface area contributed by atoms with Crippen molar-refractivity contribution in [3.63, 3.8) is 0 Å². The molecule has 3 rings (SSSR count). The highest BCUT2D eigenvalue weighted by atomic mass is 19.1. The van der Waals surface area contributed by atoms with Crippen molar-refractivity contribution in [3.05, 3.63) is 29.6 Å². The van der Waals surface area contributed by atoms with Crippen LogP contribution in [0.2, 0.25) is 0 Å². The Labute approximate surface area is 129 Å². The van der Waals surface area contributed by atoms with E-state index in [9.17, 15) is 9.18 Å². The van der Waals surface area contributed by atoms with E-state index in [4.69, 9.17) is 9.47 Å². The molecule has 2 atom stereocenters. The van der Waals surface area contributed by atoms with E-state index in [1.807, 2.05) is 7.05 Å². The van der Waals surface area contributed by atoms with Gasteiger partial charge in [-0.2, -0.15) is 0 Å². The van der Waals surface area contributed by atoms with Crippen molar-refractivity contribution in [2.45, 2.75) is 18.6 Å². The lowest BCUT2D eigenvalue weighted by Crippen LogP contribution is -2.60. The molecule has 1 amide bonds. The number of carbonyl (C=O) groups excluding carboxylic acids is 1. The first-order valence-electron chi connectivity index (χ1n) is 7.55. The fourth-order valence-corrected chi connectivity index (χ4v) is 3.31. The Morgan fingerprint density at radius 3 is 3.00 bits per heavy atom. The highest BCUT2D eigenvalue weighted by Crippen LogP contribution is 2.28. The summed E-state index contributed by atoms with van der Waals surface area (Å²) >= 11 is 0. The third-order valence-corrected chi connectivity index (χ3v) is 4.46. The Balaban J connectivity index is 1.91. The zero-order valence-corrected chi connectivity index (χ0v) is 12.9. The van der Waals surface area contributed by atoms with Gasteiger partial charge in [0, 0.05) is 19.6 Å². The molecule has 0 radical (unpaired) electrons. The number of likely N-dealkylation sites (N-methyl/N-ethyl adjacent to an activating group) is 1. The Bertz CT molecular complexity index is 566. The summed E-state index contributed by atoms with van der Waals surface area (Å²) in [6.07, 6.45) is 0.922. The standard InChI is InChI=1S/C16H21FN2O3/c1-18-7-6-13-12(10-18)19(8-9-22-13)16(20)15-11(17)4-3-5-14(15)21-2/h3-5,12-13H,6-10H2,1-2H3. The van der Waals surface area contributed by atoms with Gasteiger partial charge in [0.05, 0.1) is 25.9 Å². The summed E-state index contributed by atoms with van der Waals surface area (Å²) in [7, 11) is 3.47. The first-order valence-corrected chi connectivity index (χ1v) is 7.55. The van der Waals surface area contributed by atoms with E-state index < -0.39 is 5.82 Å². The summed E-state index contributed by atoms with van der Waals surface area (Å²) in [4.78, 5) is 16.8. The van der Waals surface area contributed by atoms with Gasteiger partial charge in [-0.05, 0) is 25.6 Å². The second-order valence-corrected chi connectivity index (χ2v) is 5.84. The molecule has 0 aromatic heterocycles. The number of amides is 1. The average Bonchev–Trinajstić information content (AvgIpc) is 2.53. The summed E-state index contributed by atoms with van der Waals surface area (Å²) < 4.78 is 25.1. The normalized spacial score (nSPS) is 25.7. The number of rotatable bonds is 2. The van der Waals surface area contributed by atoms with Crippen LogP contribution < -0.4 is 4.74 Å². The van der Waals surface area contributed by atoms with Crippen LogP contribution in [-0.2, 0) is 4.74 Å². The van der Waals surface area contributed by atoms with E-state index in [1.165, 1.54) is 13.2 Å². The number of likely N-dealkylation sites (tertiary alicyclic amines) is 1. The van der Waals surface area contributed by atoms with Gasteiger partial charge >= 0.3 is 0 Å². The third-order valence-electron chi connectivity index (χ3n) is 4.46. The first kappa shape index (κ1) is 15.2. The van der Waals surface area contributed by atoms with Gasteiger partial charge in [0.1, 0.15) is 17.1 Å². The quantitative estimate of drug-likeness (QED) is 0.828. The number of methoxy groups -OCH3 is 1. The number of piperidine rings is 1. The minimum Gasteiger partial charge on any atom is -0.496 e. The molecular formula is C16H21FN2O3. The summed E-state index contributed by atoms with van der Waals surface area (Å²) in [5.74, 6) is -0.586. The van der Waals surface area contributed by atoms with Crippen LogP contribution in [-0.4, -0.2) is 68.3 Å². The summed E-state index contributed by atoms with van der Waals surface area (Å²) in [5, 5.41) is 0. The maximum absolute atomic E-state index is 14.2. The van der Waals surface area contributed by atoms with Crippen LogP contribution in [0.5, 0.6) is 5.75 Å². The number of hydrogen-bond acceptors (Lipinski definition) is 4. The monoisotopic (exact) mass is 308 g/mol. The van der Waals surface area contributed by atoms with Crippen molar-refractivity contribution in [1.29, 1.82) is 0 Å². The second kappa shape index (κ2) is 6.22. The number of carbonyl (C=O) groups is 1. The molecule has 2 fully saturated rings. The van der Waals surface area contributed by atoms with Crippen molar-refractivity contribution >= 4 is 5.91 Å². The number of ether oxygens (including phenoxy) is 2. The van der Waals surface area contributed by atoms with Gasteiger partial charge in [0.2, 0.25) is 0 Å². The molecular weight excluding hydrogens is 287 g/mol. The van der Waals surface area contributed by atoms with Crippen LogP contribution in [0.4, 0.5) is 4.39 Å². The molecule has 2 unspecified atom stereocenters. The molecule has 2 aliphatic rings. The van der Waals surface area contributed by atoms with Crippen molar-refractivity contribution in [2.75, 3.05) is 40.4 Å². The fraction of sp³-hybridized carbons (Fsp3) is 0.562. The van der Waals surface area contributed by atoms with Crippen LogP contribution in [0.15, 0.2) is 18.2 Å². The van der Waals surface area contributed by atoms with E-state index in [2.05, 4.69) is 4.90 Å². The zero-order valence-electron chi connectivity index (χ0n) is 12.9. The lowest BCUT2D eigenvalue weighted by atomic mass is 9.98. The van der Waals surface area contributed by atoms with Gasteiger partial charge in [-0.1, -0.05) is 6.07 Å². The Morgan fingerprint density at radius 1 is 1.41 bits per heavy atom. The molecule has 1 aromatic carbocycles. The van der Waals surface area contributed by atoms with E-state index in [0.29, 0.717) is 13.2 Å². The van der Waals surface area contributed by atoms with Gasteiger partial charge in [-0.3, -0.25) is 4.79 Å². The van der Waals surface area contributed by atoms with E-state index in [-0.39, 0.29) is 29.4 Å². The van der Waals surface area contributed by atoms with Crippen molar-refractivity contribution in [2.24, 2.45) is 0 Å². The molecule has 1 aromatic rings. The summed E-state index contributed by atoms with van der Waals surface area (Å²) in [6, 6.07) is 4.41. The van der Waals surface area contributed by atoms with Crippen LogP contribution in [0.1, 0.15) is 16.8 Å². The molecule has 22 heavy (non-hydrogen) atoms.